The number of hydrogen-bond donors (Lipinski definition) is 0. The van der Waals surface area contributed by atoms with Crippen molar-refractivity contribution in [3.63, 3.8) is 0 Å². The number of pyridine rings is 1. The summed E-state index contributed by atoms with van der Waals surface area (Å²) in [6, 6.07) is 1.17. The molecule has 2 heterocycles. The van der Waals surface area contributed by atoms with Crippen molar-refractivity contribution in [1.82, 2.24) is 9.38 Å². The number of rotatable bonds is 2. The fourth-order valence-electron chi connectivity index (χ4n) is 2.70. The lowest BCUT2D eigenvalue weighted by molar-refractivity contribution is -0.136. The van der Waals surface area contributed by atoms with E-state index in [0.29, 0.717) is 22.5 Å². The molecule has 0 saturated carbocycles. The topological polar surface area (TPSA) is 17.3 Å². The normalized spacial score (nSPS) is 14.7. The Morgan fingerprint density at radius 1 is 1.36 bits per heavy atom. The lowest BCUT2D eigenvalue weighted by Gasteiger charge is -2.11. The third kappa shape index (κ3) is 2.26. The summed E-state index contributed by atoms with van der Waals surface area (Å²) in [7, 11) is 0. The lowest BCUT2D eigenvalue weighted by Crippen LogP contribution is -2.09. The Balaban J connectivity index is 2.36. The summed E-state index contributed by atoms with van der Waals surface area (Å²) in [4.78, 5) is 4.15. The number of aryl methyl sites for hydroxylation is 1. The Labute approximate surface area is 126 Å². The minimum Gasteiger partial charge on any atom is -0.303 e. The van der Waals surface area contributed by atoms with Crippen LogP contribution in [0.2, 0.25) is 0 Å². The van der Waals surface area contributed by atoms with Crippen LogP contribution in [0.3, 0.4) is 0 Å². The highest BCUT2D eigenvalue weighted by atomic mass is 19.4. The van der Waals surface area contributed by atoms with E-state index in [2.05, 4.69) is 11.6 Å². The molecule has 1 aliphatic rings. The van der Waals surface area contributed by atoms with E-state index in [1.165, 1.54) is 10.5 Å². The zero-order chi connectivity index (χ0) is 16.1. The maximum Gasteiger partial charge on any atom is 0.420 e. The van der Waals surface area contributed by atoms with Crippen molar-refractivity contribution < 1.29 is 13.2 Å². The molecule has 1 aliphatic carbocycles. The number of alkyl halides is 3. The van der Waals surface area contributed by atoms with Gasteiger partial charge in [-0.3, -0.25) is 0 Å². The van der Waals surface area contributed by atoms with Crippen LogP contribution in [-0.2, 0) is 6.18 Å². The number of aromatic nitrogens is 2. The van der Waals surface area contributed by atoms with Gasteiger partial charge in [0.05, 0.1) is 11.3 Å². The number of fused-ring (bicyclic) bond motifs is 1. The van der Waals surface area contributed by atoms with E-state index in [1.54, 1.807) is 20.0 Å². The van der Waals surface area contributed by atoms with Gasteiger partial charge in [-0.15, -0.1) is 0 Å². The monoisotopic (exact) mass is 304 g/mol. The second kappa shape index (κ2) is 4.87. The quantitative estimate of drug-likeness (QED) is 0.760. The molecule has 0 unspecified atom stereocenters. The molecule has 22 heavy (non-hydrogen) atoms. The van der Waals surface area contributed by atoms with Crippen LogP contribution in [0, 0.1) is 6.92 Å². The van der Waals surface area contributed by atoms with Gasteiger partial charge >= 0.3 is 6.18 Å². The Morgan fingerprint density at radius 2 is 2.09 bits per heavy atom. The Bertz CT molecular complexity index is 836. The molecular weight excluding hydrogens is 289 g/mol. The standard InChI is InChI=1S/C17H15F3N2/c1-10(2)15-11(3)22-9-13(12-6-4-5-7-12)8-14(16(22)21-15)17(18,19)20/h4,6-9H,1,5H2,2-3H3. The number of hydrogen-bond acceptors (Lipinski definition) is 1. The first kappa shape index (κ1) is 14.6. The maximum absolute atomic E-state index is 13.4. The van der Waals surface area contributed by atoms with Gasteiger partial charge < -0.3 is 4.40 Å². The first-order valence-corrected chi connectivity index (χ1v) is 6.92. The second-order valence-electron chi connectivity index (χ2n) is 5.46. The van der Waals surface area contributed by atoms with Crippen molar-refractivity contribution in [2.45, 2.75) is 26.4 Å². The fourth-order valence-corrected chi connectivity index (χ4v) is 2.70. The predicted octanol–water partition coefficient (Wildman–Crippen LogP) is 5.04. The smallest absolute Gasteiger partial charge is 0.303 e. The van der Waals surface area contributed by atoms with Crippen molar-refractivity contribution in [2.24, 2.45) is 0 Å². The van der Waals surface area contributed by atoms with Crippen LogP contribution < -0.4 is 0 Å². The molecule has 2 nitrogen and oxygen atoms in total. The lowest BCUT2D eigenvalue weighted by atomic mass is 10.1. The summed E-state index contributed by atoms with van der Waals surface area (Å²) in [5.74, 6) is 0. The van der Waals surface area contributed by atoms with Gasteiger partial charge in [-0.2, -0.15) is 13.2 Å². The summed E-state index contributed by atoms with van der Waals surface area (Å²) in [5.41, 5.74) is 2.38. The van der Waals surface area contributed by atoms with Gasteiger partial charge in [0, 0.05) is 11.9 Å². The van der Waals surface area contributed by atoms with E-state index in [-0.39, 0.29) is 5.65 Å². The van der Waals surface area contributed by atoms with Gasteiger partial charge in [0.1, 0.15) is 5.65 Å². The summed E-state index contributed by atoms with van der Waals surface area (Å²) < 4.78 is 41.7. The van der Waals surface area contributed by atoms with Crippen molar-refractivity contribution >= 4 is 16.8 Å². The molecule has 0 atom stereocenters. The highest BCUT2D eigenvalue weighted by Crippen LogP contribution is 2.36. The third-order valence-electron chi connectivity index (χ3n) is 3.77. The van der Waals surface area contributed by atoms with Crippen LogP contribution in [0.15, 0.2) is 37.1 Å². The predicted molar refractivity (Wildman–Crippen MR) is 81.4 cm³/mol. The van der Waals surface area contributed by atoms with E-state index in [1.807, 2.05) is 18.2 Å². The van der Waals surface area contributed by atoms with Gasteiger partial charge in [-0.25, -0.2) is 4.98 Å². The number of nitrogens with zero attached hydrogens (tertiary/aromatic N) is 2. The molecule has 0 fully saturated rings. The van der Waals surface area contributed by atoms with Crippen LogP contribution in [0.5, 0.6) is 0 Å². The van der Waals surface area contributed by atoms with E-state index in [0.717, 1.165) is 12.0 Å². The van der Waals surface area contributed by atoms with E-state index >= 15 is 0 Å². The maximum atomic E-state index is 13.4. The molecule has 0 radical (unpaired) electrons. The second-order valence-corrected chi connectivity index (χ2v) is 5.46. The van der Waals surface area contributed by atoms with Crippen LogP contribution in [-0.4, -0.2) is 9.38 Å². The molecule has 0 spiro atoms. The minimum atomic E-state index is -4.45. The molecule has 0 aliphatic heterocycles. The van der Waals surface area contributed by atoms with Crippen LogP contribution in [0.4, 0.5) is 13.2 Å². The molecular formula is C17H15F3N2. The molecule has 2 aromatic heterocycles. The minimum absolute atomic E-state index is 0.0747. The summed E-state index contributed by atoms with van der Waals surface area (Å²) >= 11 is 0. The Morgan fingerprint density at radius 3 is 2.64 bits per heavy atom. The highest BCUT2D eigenvalue weighted by Gasteiger charge is 2.35. The van der Waals surface area contributed by atoms with Crippen molar-refractivity contribution in [2.75, 3.05) is 0 Å². The molecule has 114 valence electrons. The largest absolute Gasteiger partial charge is 0.420 e. The zero-order valence-electron chi connectivity index (χ0n) is 12.3. The van der Waals surface area contributed by atoms with Crippen molar-refractivity contribution in [3.8, 4) is 0 Å². The number of halogens is 3. The number of imidazole rings is 1. The first-order valence-electron chi connectivity index (χ1n) is 6.92. The van der Waals surface area contributed by atoms with E-state index in [9.17, 15) is 13.2 Å². The summed E-state index contributed by atoms with van der Waals surface area (Å²) in [6.45, 7) is 7.29. The summed E-state index contributed by atoms with van der Waals surface area (Å²) in [6.07, 6.45) is 3.67. The van der Waals surface area contributed by atoms with Crippen molar-refractivity contribution in [1.29, 1.82) is 0 Å². The van der Waals surface area contributed by atoms with E-state index < -0.39 is 11.7 Å². The Hall–Kier alpha value is -2.30. The average molecular weight is 304 g/mol. The van der Waals surface area contributed by atoms with E-state index in [4.69, 9.17) is 0 Å². The molecule has 0 bridgehead atoms. The molecule has 0 amide bonds. The third-order valence-corrected chi connectivity index (χ3v) is 3.77. The van der Waals surface area contributed by atoms with Gasteiger partial charge in [-0.1, -0.05) is 24.8 Å². The number of allylic oxidation sites excluding steroid dienone is 5. The van der Waals surface area contributed by atoms with Crippen molar-refractivity contribution in [3.05, 3.63) is 59.6 Å². The molecule has 5 heteroatoms. The Kier molecular flexibility index (Phi) is 3.24. The van der Waals surface area contributed by atoms with Crippen LogP contribution >= 0.6 is 0 Å². The molecule has 2 aromatic rings. The molecule has 0 aromatic carbocycles. The molecule has 3 rings (SSSR count). The highest BCUT2D eigenvalue weighted by molar-refractivity contribution is 5.78. The van der Waals surface area contributed by atoms with Crippen LogP contribution in [0.1, 0.15) is 35.9 Å². The zero-order valence-corrected chi connectivity index (χ0v) is 12.3. The fraction of sp³-hybridized carbons (Fsp3) is 0.235. The van der Waals surface area contributed by atoms with Crippen LogP contribution in [0.25, 0.3) is 16.8 Å². The van der Waals surface area contributed by atoms with Gasteiger partial charge in [0.15, 0.2) is 0 Å². The summed E-state index contributed by atoms with van der Waals surface area (Å²) in [5, 5.41) is 0. The molecule has 0 saturated heterocycles. The average Bonchev–Trinajstić information content (AvgIpc) is 3.05. The molecule has 0 N–H and O–H groups in total. The van der Waals surface area contributed by atoms with Gasteiger partial charge in [0.25, 0.3) is 0 Å². The van der Waals surface area contributed by atoms with Gasteiger partial charge in [0.2, 0.25) is 0 Å². The first-order chi connectivity index (χ1) is 10.3. The SMILES string of the molecule is C=C(C)c1nc2c(C(F)(F)F)cc(C3=CCC=C3)cn2c1C. The van der Waals surface area contributed by atoms with Gasteiger partial charge in [-0.05, 0) is 43.0 Å².